The van der Waals surface area contributed by atoms with Gasteiger partial charge in [0.15, 0.2) is 5.69 Å². The van der Waals surface area contributed by atoms with E-state index >= 15 is 0 Å². The van der Waals surface area contributed by atoms with E-state index in [2.05, 4.69) is 4.85 Å². The maximum absolute atomic E-state index is 6.87. The number of ether oxygens (including phenoxy) is 1. The van der Waals surface area contributed by atoms with Crippen molar-refractivity contribution in [2.24, 2.45) is 0 Å². The molecule has 2 rings (SSSR count). The summed E-state index contributed by atoms with van der Waals surface area (Å²) in [5.41, 5.74) is 1.85. The summed E-state index contributed by atoms with van der Waals surface area (Å²) in [4.78, 5) is 3.37. The maximum Gasteiger partial charge on any atom is 0.187 e. The molecule has 0 aromatic heterocycles. The second-order valence-electron chi connectivity index (χ2n) is 3.71. The molecule has 72 valence electrons. The van der Waals surface area contributed by atoms with Gasteiger partial charge in [-0.3, -0.25) is 0 Å². The molecule has 0 bridgehead atoms. The Kier molecular flexibility index (Phi) is 2.26. The van der Waals surface area contributed by atoms with Gasteiger partial charge < -0.3 is 4.74 Å². The highest BCUT2D eigenvalue weighted by Gasteiger charge is 2.38. The van der Waals surface area contributed by atoms with Crippen molar-refractivity contribution < 1.29 is 4.74 Å². The Hall–Kier alpha value is -1.33. The van der Waals surface area contributed by atoms with E-state index in [9.17, 15) is 0 Å². The van der Waals surface area contributed by atoms with Crippen LogP contribution in [-0.4, -0.2) is 7.11 Å². The van der Waals surface area contributed by atoms with E-state index < -0.39 is 0 Å². The Morgan fingerprint density at radius 1 is 1.29 bits per heavy atom. The topological polar surface area (TPSA) is 13.6 Å². The van der Waals surface area contributed by atoms with Crippen molar-refractivity contribution in [3.8, 4) is 0 Å². The highest BCUT2D eigenvalue weighted by molar-refractivity contribution is 5.46. The highest BCUT2D eigenvalue weighted by Crippen LogP contribution is 2.44. The monoisotopic (exact) mass is 187 g/mol. The summed E-state index contributed by atoms with van der Waals surface area (Å²) < 4.78 is 5.56. The van der Waals surface area contributed by atoms with Crippen LogP contribution >= 0.6 is 0 Å². The number of rotatable bonds is 2. The lowest BCUT2D eigenvalue weighted by Crippen LogP contribution is -2.35. The van der Waals surface area contributed by atoms with Crippen molar-refractivity contribution in [3.05, 3.63) is 41.2 Å². The number of hydrogen-bond acceptors (Lipinski definition) is 1. The van der Waals surface area contributed by atoms with Gasteiger partial charge in [-0.1, -0.05) is 24.3 Å². The van der Waals surface area contributed by atoms with Gasteiger partial charge in [0.05, 0.1) is 12.2 Å². The van der Waals surface area contributed by atoms with Crippen LogP contribution in [0.2, 0.25) is 0 Å². The smallest absolute Gasteiger partial charge is 0.187 e. The van der Waals surface area contributed by atoms with Crippen molar-refractivity contribution in [1.82, 2.24) is 0 Å². The van der Waals surface area contributed by atoms with Gasteiger partial charge in [-0.15, -0.1) is 0 Å². The summed E-state index contributed by atoms with van der Waals surface area (Å²) >= 11 is 0. The van der Waals surface area contributed by atoms with Crippen LogP contribution in [0.4, 0.5) is 5.69 Å². The van der Waals surface area contributed by atoms with Gasteiger partial charge in [-0.2, -0.15) is 0 Å². The van der Waals surface area contributed by atoms with Crippen molar-refractivity contribution >= 4 is 5.69 Å². The molecule has 0 amide bonds. The minimum Gasteiger partial charge on any atom is -0.374 e. The molecule has 2 nitrogen and oxygen atoms in total. The van der Waals surface area contributed by atoms with Crippen LogP contribution in [0.3, 0.4) is 0 Å². The normalized spacial score (nSPS) is 18.3. The van der Waals surface area contributed by atoms with Crippen LogP contribution < -0.4 is 0 Å². The lowest BCUT2D eigenvalue weighted by atomic mass is 9.75. The number of hydrogen-bond donors (Lipinski definition) is 0. The van der Waals surface area contributed by atoms with Gasteiger partial charge in [-0.05, 0) is 24.8 Å². The molecule has 1 aliphatic rings. The Labute approximate surface area is 84.3 Å². The molecule has 1 saturated carbocycles. The summed E-state index contributed by atoms with van der Waals surface area (Å²) in [7, 11) is 1.77. The minimum atomic E-state index is -0.0550. The van der Waals surface area contributed by atoms with Crippen molar-refractivity contribution in [3.63, 3.8) is 0 Å². The average molecular weight is 187 g/mol. The van der Waals surface area contributed by atoms with E-state index in [1.807, 2.05) is 24.3 Å². The fourth-order valence-electron chi connectivity index (χ4n) is 1.95. The quantitative estimate of drug-likeness (QED) is 0.648. The molecule has 2 heteroatoms. The summed E-state index contributed by atoms with van der Waals surface area (Å²) in [5, 5.41) is 0. The number of methoxy groups -OCH3 is 1. The molecule has 0 atom stereocenters. The fourth-order valence-corrected chi connectivity index (χ4v) is 1.95. The van der Waals surface area contributed by atoms with Gasteiger partial charge in [0, 0.05) is 7.11 Å². The second-order valence-corrected chi connectivity index (χ2v) is 3.71. The average Bonchev–Trinajstić information content (AvgIpc) is 2.18. The Bertz CT molecular complexity index is 351. The zero-order valence-corrected chi connectivity index (χ0v) is 8.29. The molecule has 0 unspecified atom stereocenters. The minimum absolute atomic E-state index is 0.0550. The first-order valence-electron chi connectivity index (χ1n) is 4.84. The first-order valence-corrected chi connectivity index (χ1v) is 4.84. The first kappa shape index (κ1) is 9.23. The predicted molar refractivity (Wildman–Crippen MR) is 55.2 cm³/mol. The van der Waals surface area contributed by atoms with Crippen LogP contribution in [0.5, 0.6) is 0 Å². The van der Waals surface area contributed by atoms with E-state index in [1.165, 1.54) is 12.0 Å². The van der Waals surface area contributed by atoms with E-state index in [1.54, 1.807) is 7.11 Å². The predicted octanol–water partition coefficient (Wildman–Crippen LogP) is 3.26. The van der Waals surface area contributed by atoms with Gasteiger partial charge in [-0.25, -0.2) is 4.85 Å². The third kappa shape index (κ3) is 1.30. The molecule has 0 radical (unpaired) electrons. The molecule has 0 saturated heterocycles. The number of nitrogens with zero attached hydrogens (tertiary/aromatic N) is 1. The molecule has 0 aliphatic heterocycles. The van der Waals surface area contributed by atoms with Crippen LogP contribution in [0.15, 0.2) is 24.3 Å². The fraction of sp³-hybridized carbons (Fsp3) is 0.417. The third-order valence-electron chi connectivity index (χ3n) is 3.07. The molecule has 0 spiro atoms. The van der Waals surface area contributed by atoms with Crippen molar-refractivity contribution in [1.29, 1.82) is 0 Å². The largest absolute Gasteiger partial charge is 0.374 e. The summed E-state index contributed by atoms with van der Waals surface area (Å²) in [6.07, 6.45) is 3.43. The molecule has 1 fully saturated rings. The second kappa shape index (κ2) is 3.43. The Morgan fingerprint density at radius 2 is 1.93 bits per heavy atom. The zero-order valence-electron chi connectivity index (χ0n) is 8.29. The van der Waals surface area contributed by atoms with E-state index in [4.69, 9.17) is 11.3 Å². The summed E-state index contributed by atoms with van der Waals surface area (Å²) in [5.74, 6) is 0. The molecule has 1 aromatic carbocycles. The van der Waals surface area contributed by atoms with Crippen molar-refractivity contribution in [2.45, 2.75) is 24.9 Å². The molecule has 14 heavy (non-hydrogen) atoms. The molecule has 0 N–H and O–H groups in total. The van der Waals surface area contributed by atoms with Crippen LogP contribution in [0.1, 0.15) is 24.8 Å². The lowest BCUT2D eigenvalue weighted by Gasteiger charge is -2.41. The summed E-state index contributed by atoms with van der Waals surface area (Å²) in [6.45, 7) is 6.87. The maximum atomic E-state index is 6.87. The molecular formula is C12H13NO. The lowest BCUT2D eigenvalue weighted by molar-refractivity contribution is -0.0778. The van der Waals surface area contributed by atoms with Crippen molar-refractivity contribution in [2.75, 3.05) is 7.11 Å². The molecule has 0 heterocycles. The van der Waals surface area contributed by atoms with Crippen LogP contribution in [0.25, 0.3) is 4.85 Å². The summed E-state index contributed by atoms with van der Waals surface area (Å²) in [6, 6.07) is 7.74. The molecular weight excluding hydrogens is 174 g/mol. The van der Waals surface area contributed by atoms with Gasteiger partial charge in [0.1, 0.15) is 0 Å². The van der Waals surface area contributed by atoms with Gasteiger partial charge in [0.2, 0.25) is 0 Å². The van der Waals surface area contributed by atoms with Crippen LogP contribution in [0, 0.1) is 6.57 Å². The standard InChI is InChI=1S/C12H13NO/c1-13-11-6-4-10(5-7-11)12(14-2)8-3-9-12/h4-7H,3,8-9H2,2H3. The van der Waals surface area contributed by atoms with E-state index in [0.29, 0.717) is 5.69 Å². The van der Waals surface area contributed by atoms with E-state index in [-0.39, 0.29) is 5.60 Å². The molecule has 1 aromatic rings. The van der Waals surface area contributed by atoms with E-state index in [0.717, 1.165) is 12.8 Å². The SMILES string of the molecule is [C-]#[N+]c1ccc(C2(OC)CCC2)cc1. The number of benzene rings is 1. The zero-order chi connectivity index (χ0) is 10.0. The third-order valence-corrected chi connectivity index (χ3v) is 3.07. The van der Waals surface area contributed by atoms with Gasteiger partial charge >= 0.3 is 0 Å². The highest BCUT2D eigenvalue weighted by atomic mass is 16.5. The Balaban J connectivity index is 2.29. The van der Waals surface area contributed by atoms with Gasteiger partial charge in [0.25, 0.3) is 0 Å². The first-order chi connectivity index (χ1) is 6.80. The molecule has 1 aliphatic carbocycles. The van der Waals surface area contributed by atoms with Crippen LogP contribution in [-0.2, 0) is 10.3 Å². The Morgan fingerprint density at radius 3 is 2.29 bits per heavy atom.